The maximum atomic E-state index is 12.5. The lowest BCUT2D eigenvalue weighted by molar-refractivity contribution is 0.102. The van der Waals surface area contributed by atoms with Crippen LogP contribution in [0, 0.1) is 0 Å². The van der Waals surface area contributed by atoms with Crippen LogP contribution in [0.5, 0.6) is 0 Å². The molecule has 3 rings (SSSR count). The van der Waals surface area contributed by atoms with Crippen LogP contribution in [-0.4, -0.2) is 24.5 Å². The van der Waals surface area contributed by atoms with Gasteiger partial charge in [-0.2, -0.15) is 0 Å². The number of benzene rings is 2. The van der Waals surface area contributed by atoms with Crippen LogP contribution in [0.2, 0.25) is 0 Å². The second kappa shape index (κ2) is 4.85. The predicted octanol–water partition coefficient (Wildman–Crippen LogP) is 3.29. The Balaban J connectivity index is 2.12. The summed E-state index contributed by atoms with van der Waals surface area (Å²) in [7, 11) is 1.92. The average molecular weight is 265 g/mol. The summed E-state index contributed by atoms with van der Waals surface area (Å²) in [5.74, 6) is -0.0305. The summed E-state index contributed by atoms with van der Waals surface area (Å²) in [5, 5.41) is 10.4. The van der Waals surface area contributed by atoms with Crippen molar-refractivity contribution in [3.05, 3.63) is 71.3 Å². The molecule has 2 aromatic rings. The van der Waals surface area contributed by atoms with Gasteiger partial charge in [0.15, 0.2) is 5.78 Å². The summed E-state index contributed by atoms with van der Waals surface area (Å²) < 4.78 is 0. The summed E-state index contributed by atoms with van der Waals surface area (Å²) >= 11 is 0. The Kier molecular flexibility index (Phi) is 3.03. The van der Waals surface area contributed by atoms with E-state index in [0.717, 1.165) is 5.69 Å². The molecule has 0 saturated carbocycles. The number of Topliss-reactive ketones (excluding diaryl/α,β-unsaturated/α-hetero) is 1. The summed E-state index contributed by atoms with van der Waals surface area (Å²) in [6.07, 6.45) is 0. The number of anilines is 1. The van der Waals surface area contributed by atoms with Gasteiger partial charge >= 0.3 is 0 Å². The molecule has 3 nitrogen and oxygen atoms in total. The van der Waals surface area contributed by atoms with Crippen LogP contribution in [0.4, 0.5) is 5.69 Å². The molecule has 0 amide bonds. The SMILES string of the molecule is CN1CC(=C(O)c2ccccc2)C(=O)c2ccccc21. The lowest BCUT2D eigenvalue weighted by Crippen LogP contribution is -2.31. The van der Waals surface area contributed by atoms with Crippen molar-refractivity contribution in [2.45, 2.75) is 0 Å². The first-order valence-electron chi connectivity index (χ1n) is 6.51. The Hall–Kier alpha value is -2.55. The number of hydrogen-bond acceptors (Lipinski definition) is 3. The molecule has 0 spiro atoms. The minimum atomic E-state index is -0.0972. The van der Waals surface area contributed by atoms with Crippen molar-refractivity contribution in [2.75, 3.05) is 18.5 Å². The number of nitrogens with zero attached hydrogens (tertiary/aromatic N) is 1. The lowest BCUT2D eigenvalue weighted by atomic mass is 9.94. The van der Waals surface area contributed by atoms with Crippen molar-refractivity contribution in [3.8, 4) is 0 Å². The molecule has 0 aromatic heterocycles. The smallest absolute Gasteiger partial charge is 0.196 e. The van der Waals surface area contributed by atoms with E-state index in [1.807, 2.05) is 48.3 Å². The van der Waals surface area contributed by atoms with Crippen LogP contribution >= 0.6 is 0 Å². The highest BCUT2D eigenvalue weighted by atomic mass is 16.3. The van der Waals surface area contributed by atoms with Gasteiger partial charge < -0.3 is 10.0 Å². The van der Waals surface area contributed by atoms with Gasteiger partial charge in [0.2, 0.25) is 0 Å². The maximum Gasteiger partial charge on any atom is 0.196 e. The Labute approximate surface area is 117 Å². The zero-order valence-electron chi connectivity index (χ0n) is 11.2. The quantitative estimate of drug-likeness (QED) is 0.635. The normalized spacial score (nSPS) is 16.9. The van der Waals surface area contributed by atoms with Gasteiger partial charge in [0.05, 0.1) is 12.1 Å². The largest absolute Gasteiger partial charge is 0.507 e. The fraction of sp³-hybridized carbons (Fsp3) is 0.118. The predicted molar refractivity (Wildman–Crippen MR) is 80.0 cm³/mol. The first-order chi connectivity index (χ1) is 9.68. The first kappa shape index (κ1) is 12.5. The van der Waals surface area contributed by atoms with Crippen molar-refractivity contribution in [3.63, 3.8) is 0 Å². The van der Waals surface area contributed by atoms with Crippen LogP contribution in [0.1, 0.15) is 15.9 Å². The molecule has 0 aliphatic carbocycles. The number of para-hydroxylation sites is 1. The molecule has 1 aliphatic heterocycles. The van der Waals surface area contributed by atoms with Crippen LogP contribution < -0.4 is 4.90 Å². The monoisotopic (exact) mass is 265 g/mol. The highest BCUT2D eigenvalue weighted by Gasteiger charge is 2.27. The van der Waals surface area contributed by atoms with Gasteiger partial charge in [0, 0.05) is 23.9 Å². The molecular weight excluding hydrogens is 250 g/mol. The number of aliphatic hydroxyl groups excluding tert-OH is 1. The third-order valence-corrected chi connectivity index (χ3v) is 3.56. The Morgan fingerprint density at radius 3 is 2.45 bits per heavy atom. The van der Waals surface area contributed by atoms with E-state index in [2.05, 4.69) is 0 Å². The molecule has 20 heavy (non-hydrogen) atoms. The number of carbonyl (C=O) groups excluding carboxylic acids is 1. The second-order valence-electron chi connectivity index (χ2n) is 4.90. The molecule has 1 N–H and O–H groups in total. The Morgan fingerprint density at radius 1 is 1.05 bits per heavy atom. The van der Waals surface area contributed by atoms with Crippen LogP contribution in [0.3, 0.4) is 0 Å². The van der Waals surface area contributed by atoms with E-state index in [-0.39, 0.29) is 11.5 Å². The van der Waals surface area contributed by atoms with Crippen molar-refractivity contribution in [1.82, 2.24) is 0 Å². The van der Waals surface area contributed by atoms with E-state index in [1.54, 1.807) is 18.2 Å². The number of hydrogen-bond donors (Lipinski definition) is 1. The number of ketones is 1. The van der Waals surface area contributed by atoms with Crippen molar-refractivity contribution >= 4 is 17.2 Å². The minimum Gasteiger partial charge on any atom is -0.507 e. The molecule has 0 saturated heterocycles. The van der Waals surface area contributed by atoms with E-state index in [0.29, 0.717) is 23.2 Å². The Bertz CT molecular complexity index is 689. The minimum absolute atomic E-state index is 0.0666. The molecule has 1 aliphatic rings. The molecule has 0 bridgehead atoms. The number of fused-ring (bicyclic) bond motifs is 1. The standard InChI is InChI=1S/C17H15NO2/c1-18-11-14(16(19)12-7-3-2-4-8-12)17(20)13-9-5-6-10-15(13)18/h2-10,19H,11H2,1H3. The van der Waals surface area contributed by atoms with Gasteiger partial charge in [0.1, 0.15) is 5.76 Å². The molecule has 3 heteroatoms. The van der Waals surface area contributed by atoms with Gasteiger partial charge in [-0.05, 0) is 12.1 Å². The molecule has 0 atom stereocenters. The fourth-order valence-corrected chi connectivity index (χ4v) is 2.51. The van der Waals surface area contributed by atoms with E-state index in [9.17, 15) is 9.90 Å². The topological polar surface area (TPSA) is 40.5 Å². The molecule has 1 heterocycles. The highest BCUT2D eigenvalue weighted by molar-refractivity contribution is 6.17. The van der Waals surface area contributed by atoms with Crippen molar-refractivity contribution in [2.24, 2.45) is 0 Å². The molecule has 2 aromatic carbocycles. The Morgan fingerprint density at radius 2 is 1.70 bits per heavy atom. The zero-order chi connectivity index (χ0) is 14.1. The number of likely N-dealkylation sites (N-methyl/N-ethyl adjacent to an activating group) is 1. The van der Waals surface area contributed by atoms with Crippen molar-refractivity contribution in [1.29, 1.82) is 0 Å². The third-order valence-electron chi connectivity index (χ3n) is 3.56. The van der Waals surface area contributed by atoms with Gasteiger partial charge in [-0.15, -0.1) is 0 Å². The van der Waals surface area contributed by atoms with Crippen molar-refractivity contribution < 1.29 is 9.90 Å². The third kappa shape index (κ3) is 1.97. The number of aliphatic hydroxyl groups is 1. The van der Waals surface area contributed by atoms with E-state index in [1.165, 1.54) is 0 Å². The summed E-state index contributed by atoms with van der Waals surface area (Å²) in [5.41, 5.74) is 2.65. The van der Waals surface area contributed by atoms with E-state index < -0.39 is 0 Å². The summed E-state index contributed by atoms with van der Waals surface area (Å²) in [6, 6.07) is 16.6. The van der Waals surface area contributed by atoms with E-state index >= 15 is 0 Å². The van der Waals surface area contributed by atoms with Gasteiger partial charge in [-0.1, -0.05) is 42.5 Å². The van der Waals surface area contributed by atoms with Gasteiger partial charge in [-0.3, -0.25) is 4.79 Å². The lowest BCUT2D eigenvalue weighted by Gasteiger charge is -2.28. The van der Waals surface area contributed by atoms with Gasteiger partial charge in [0.25, 0.3) is 0 Å². The first-order valence-corrected chi connectivity index (χ1v) is 6.51. The molecule has 0 radical (unpaired) electrons. The van der Waals surface area contributed by atoms with Crippen LogP contribution in [0.25, 0.3) is 5.76 Å². The molecular formula is C17H15NO2. The van der Waals surface area contributed by atoms with Gasteiger partial charge in [-0.25, -0.2) is 0 Å². The number of rotatable bonds is 1. The second-order valence-corrected chi connectivity index (χ2v) is 4.90. The maximum absolute atomic E-state index is 12.5. The molecule has 0 unspecified atom stereocenters. The highest BCUT2D eigenvalue weighted by Crippen LogP contribution is 2.31. The fourth-order valence-electron chi connectivity index (χ4n) is 2.51. The number of carbonyl (C=O) groups is 1. The van der Waals surface area contributed by atoms with Crippen LogP contribution in [0.15, 0.2) is 60.2 Å². The zero-order valence-corrected chi connectivity index (χ0v) is 11.2. The van der Waals surface area contributed by atoms with E-state index in [4.69, 9.17) is 0 Å². The molecule has 100 valence electrons. The summed E-state index contributed by atoms with van der Waals surface area (Å²) in [4.78, 5) is 14.5. The average Bonchev–Trinajstić information content (AvgIpc) is 2.51. The molecule has 0 fully saturated rings. The van der Waals surface area contributed by atoms with Crippen LogP contribution in [-0.2, 0) is 0 Å². The summed E-state index contributed by atoms with van der Waals surface area (Å²) in [6.45, 7) is 0.413.